The molecule has 1 aliphatic rings. The van der Waals surface area contributed by atoms with E-state index in [0.717, 1.165) is 12.5 Å². The number of rotatable bonds is 3. The topological polar surface area (TPSA) is 24.1 Å². The van der Waals surface area contributed by atoms with E-state index in [-0.39, 0.29) is 6.61 Å². The fourth-order valence-electron chi connectivity index (χ4n) is 2.49. The quantitative estimate of drug-likeness (QED) is 0.786. The van der Waals surface area contributed by atoms with Crippen LogP contribution in [-0.2, 0) is 6.42 Å². The SMILES string of the molecule is Cc1c(CCO)sc[n+]1C1CCCCC1. The molecule has 0 unspecified atom stereocenters. The van der Waals surface area contributed by atoms with Crippen LogP contribution in [0.15, 0.2) is 5.51 Å². The van der Waals surface area contributed by atoms with Crippen LogP contribution in [0.1, 0.15) is 48.7 Å². The molecule has 0 aliphatic heterocycles. The highest BCUT2D eigenvalue weighted by atomic mass is 32.1. The number of nitrogens with zero attached hydrogens (tertiary/aromatic N) is 1. The molecular formula is C12H20NOS+. The molecule has 0 saturated heterocycles. The van der Waals surface area contributed by atoms with Gasteiger partial charge in [-0.2, -0.15) is 4.57 Å². The normalized spacial score (nSPS) is 18.3. The molecule has 84 valence electrons. The monoisotopic (exact) mass is 226 g/mol. The van der Waals surface area contributed by atoms with Crippen LogP contribution >= 0.6 is 11.3 Å². The Kier molecular flexibility index (Phi) is 3.76. The van der Waals surface area contributed by atoms with Gasteiger partial charge in [-0.25, -0.2) is 0 Å². The molecule has 1 aliphatic carbocycles. The maximum atomic E-state index is 8.96. The van der Waals surface area contributed by atoms with Crippen LogP contribution in [0, 0.1) is 6.92 Å². The van der Waals surface area contributed by atoms with Crippen LogP contribution in [0.5, 0.6) is 0 Å². The Hall–Kier alpha value is -0.410. The van der Waals surface area contributed by atoms with Crippen LogP contribution in [0.25, 0.3) is 0 Å². The highest BCUT2D eigenvalue weighted by Crippen LogP contribution is 2.25. The Bertz CT molecular complexity index is 315. The van der Waals surface area contributed by atoms with Crippen molar-refractivity contribution >= 4 is 11.3 Å². The van der Waals surface area contributed by atoms with E-state index in [2.05, 4.69) is 17.0 Å². The van der Waals surface area contributed by atoms with Crippen molar-refractivity contribution in [2.24, 2.45) is 0 Å². The minimum absolute atomic E-state index is 0.270. The third-order valence-corrected chi connectivity index (χ3v) is 4.52. The van der Waals surface area contributed by atoms with E-state index in [4.69, 9.17) is 5.11 Å². The zero-order valence-electron chi connectivity index (χ0n) is 9.41. The number of aromatic nitrogens is 1. The molecule has 1 aromatic rings. The third-order valence-electron chi connectivity index (χ3n) is 3.41. The van der Waals surface area contributed by atoms with E-state index in [1.54, 1.807) is 11.3 Å². The van der Waals surface area contributed by atoms with E-state index in [9.17, 15) is 0 Å². The van der Waals surface area contributed by atoms with Gasteiger partial charge in [-0.05, 0) is 12.8 Å². The van der Waals surface area contributed by atoms with Crippen molar-refractivity contribution in [1.29, 1.82) is 0 Å². The van der Waals surface area contributed by atoms with Gasteiger partial charge in [0, 0.05) is 32.8 Å². The molecule has 1 saturated carbocycles. The van der Waals surface area contributed by atoms with E-state index in [1.165, 1.54) is 42.7 Å². The van der Waals surface area contributed by atoms with Gasteiger partial charge in [0.2, 0.25) is 5.51 Å². The fraction of sp³-hybridized carbons (Fsp3) is 0.750. The molecule has 0 aromatic carbocycles. The number of aliphatic hydroxyl groups excluding tert-OH is 1. The molecule has 0 spiro atoms. The molecular weight excluding hydrogens is 206 g/mol. The smallest absolute Gasteiger partial charge is 0.225 e. The summed E-state index contributed by atoms with van der Waals surface area (Å²) in [5.74, 6) is 0. The zero-order chi connectivity index (χ0) is 10.7. The summed E-state index contributed by atoms with van der Waals surface area (Å²) in [7, 11) is 0. The molecule has 2 nitrogen and oxygen atoms in total. The molecule has 2 rings (SSSR count). The van der Waals surface area contributed by atoms with Crippen LogP contribution in [-0.4, -0.2) is 11.7 Å². The minimum atomic E-state index is 0.270. The molecule has 0 atom stereocenters. The molecule has 15 heavy (non-hydrogen) atoms. The summed E-state index contributed by atoms with van der Waals surface area (Å²) in [4.78, 5) is 1.35. The Labute approximate surface area is 95.6 Å². The summed E-state index contributed by atoms with van der Waals surface area (Å²) >= 11 is 1.80. The van der Waals surface area contributed by atoms with E-state index < -0.39 is 0 Å². The predicted molar refractivity (Wildman–Crippen MR) is 62.2 cm³/mol. The number of thiazole rings is 1. The summed E-state index contributed by atoms with van der Waals surface area (Å²) in [6.45, 7) is 2.46. The first-order valence-corrected chi connectivity index (χ1v) is 6.80. The summed E-state index contributed by atoms with van der Waals surface area (Å²) in [6, 6.07) is 0.724. The van der Waals surface area contributed by atoms with Crippen molar-refractivity contribution in [2.45, 2.75) is 51.5 Å². The van der Waals surface area contributed by atoms with Crippen molar-refractivity contribution in [3.8, 4) is 0 Å². The number of hydrogen-bond donors (Lipinski definition) is 1. The Balaban J connectivity index is 2.13. The van der Waals surface area contributed by atoms with Gasteiger partial charge in [0.15, 0.2) is 11.7 Å². The Morgan fingerprint density at radius 1 is 1.40 bits per heavy atom. The summed E-state index contributed by atoms with van der Waals surface area (Å²) in [5, 5.41) is 8.96. The van der Waals surface area contributed by atoms with Crippen LogP contribution in [0.3, 0.4) is 0 Å². The standard InChI is InChI=1S/C12H20NOS/c1-10-12(7-8-14)15-9-13(10)11-5-3-2-4-6-11/h9,11,14H,2-8H2,1H3/q+1. The molecule has 0 amide bonds. The third kappa shape index (κ3) is 2.40. The first kappa shape index (κ1) is 11.1. The van der Waals surface area contributed by atoms with Crippen molar-refractivity contribution in [1.82, 2.24) is 0 Å². The molecule has 1 heterocycles. The van der Waals surface area contributed by atoms with Gasteiger partial charge in [-0.1, -0.05) is 17.8 Å². The number of hydrogen-bond acceptors (Lipinski definition) is 2. The number of aliphatic hydroxyl groups is 1. The van der Waals surface area contributed by atoms with Gasteiger partial charge >= 0.3 is 0 Å². The molecule has 0 radical (unpaired) electrons. The highest BCUT2D eigenvalue weighted by molar-refractivity contribution is 7.09. The van der Waals surface area contributed by atoms with E-state index in [0.29, 0.717) is 0 Å². The first-order valence-electron chi connectivity index (χ1n) is 5.92. The maximum absolute atomic E-state index is 8.96. The second kappa shape index (κ2) is 5.08. The molecule has 1 fully saturated rings. The second-order valence-electron chi connectivity index (χ2n) is 4.40. The van der Waals surface area contributed by atoms with Gasteiger partial charge in [0.25, 0.3) is 0 Å². The van der Waals surface area contributed by atoms with E-state index in [1.807, 2.05) is 0 Å². The zero-order valence-corrected chi connectivity index (χ0v) is 10.2. The lowest BCUT2D eigenvalue weighted by Crippen LogP contribution is -2.41. The van der Waals surface area contributed by atoms with Crippen molar-refractivity contribution in [3.05, 3.63) is 16.1 Å². The first-order chi connectivity index (χ1) is 7.33. The van der Waals surface area contributed by atoms with Crippen molar-refractivity contribution in [2.75, 3.05) is 6.61 Å². The van der Waals surface area contributed by atoms with Gasteiger partial charge in [-0.3, -0.25) is 0 Å². The molecule has 3 heteroatoms. The molecule has 0 bridgehead atoms. The van der Waals surface area contributed by atoms with Crippen LogP contribution in [0.2, 0.25) is 0 Å². The predicted octanol–water partition coefficient (Wildman–Crippen LogP) is 2.38. The Morgan fingerprint density at radius 2 is 2.13 bits per heavy atom. The van der Waals surface area contributed by atoms with Gasteiger partial charge in [0.05, 0.1) is 4.88 Å². The molecule has 1 aromatic heterocycles. The van der Waals surface area contributed by atoms with Gasteiger partial charge < -0.3 is 5.11 Å². The maximum Gasteiger partial charge on any atom is 0.225 e. The lowest BCUT2D eigenvalue weighted by molar-refractivity contribution is -0.726. The highest BCUT2D eigenvalue weighted by Gasteiger charge is 2.26. The van der Waals surface area contributed by atoms with Crippen molar-refractivity contribution in [3.63, 3.8) is 0 Å². The van der Waals surface area contributed by atoms with Crippen molar-refractivity contribution < 1.29 is 9.67 Å². The van der Waals surface area contributed by atoms with Crippen LogP contribution < -0.4 is 4.57 Å². The van der Waals surface area contributed by atoms with E-state index >= 15 is 0 Å². The van der Waals surface area contributed by atoms with Gasteiger partial charge in [0.1, 0.15) is 0 Å². The minimum Gasteiger partial charge on any atom is -0.396 e. The van der Waals surface area contributed by atoms with Gasteiger partial charge in [-0.15, -0.1) is 0 Å². The average Bonchev–Trinajstić information content (AvgIpc) is 2.63. The fourth-order valence-corrected chi connectivity index (χ4v) is 3.55. The summed E-state index contributed by atoms with van der Waals surface area (Å²) in [6.07, 6.45) is 7.64. The Morgan fingerprint density at radius 3 is 2.80 bits per heavy atom. The van der Waals surface area contributed by atoms with Crippen LogP contribution in [0.4, 0.5) is 0 Å². The average molecular weight is 226 g/mol. The summed E-state index contributed by atoms with van der Waals surface area (Å²) in [5.41, 5.74) is 3.62. The summed E-state index contributed by atoms with van der Waals surface area (Å²) < 4.78 is 2.44. The lowest BCUT2D eigenvalue weighted by atomic mass is 9.95. The second-order valence-corrected chi connectivity index (χ2v) is 5.34. The largest absolute Gasteiger partial charge is 0.396 e. The lowest BCUT2D eigenvalue weighted by Gasteiger charge is -2.16. The molecule has 1 N–H and O–H groups in total.